The van der Waals surface area contributed by atoms with Crippen molar-refractivity contribution >= 4 is 29.3 Å². The van der Waals surface area contributed by atoms with Gasteiger partial charge in [0.25, 0.3) is 0 Å². The van der Waals surface area contributed by atoms with Crippen LogP contribution in [0.4, 0.5) is 0 Å². The van der Waals surface area contributed by atoms with E-state index < -0.39 is 0 Å². The zero-order chi connectivity index (χ0) is 17.4. The van der Waals surface area contributed by atoms with Crippen LogP contribution in [0, 0.1) is 0 Å². The van der Waals surface area contributed by atoms with E-state index in [0.29, 0.717) is 29.0 Å². The molecule has 1 aromatic heterocycles. The van der Waals surface area contributed by atoms with E-state index in [4.69, 9.17) is 16.0 Å². The lowest BCUT2D eigenvalue weighted by Gasteiger charge is -2.11. The molecule has 2 aromatic rings. The van der Waals surface area contributed by atoms with Gasteiger partial charge in [0.2, 0.25) is 11.8 Å². The van der Waals surface area contributed by atoms with Crippen molar-refractivity contribution in [3.05, 3.63) is 41.4 Å². The van der Waals surface area contributed by atoms with Gasteiger partial charge in [-0.15, -0.1) is 11.8 Å². The Labute approximate surface area is 151 Å². The first kappa shape index (κ1) is 18.8. The molecule has 0 aliphatic carbocycles. The molecule has 2 N–H and O–H groups in total. The number of nitrogens with zero attached hydrogens (tertiary/aromatic N) is 1. The van der Waals surface area contributed by atoms with E-state index in [2.05, 4.69) is 15.6 Å². The molecule has 1 aromatic carbocycles. The van der Waals surface area contributed by atoms with Crippen LogP contribution in [0.5, 0.6) is 0 Å². The molecule has 0 radical (unpaired) electrons. The summed E-state index contributed by atoms with van der Waals surface area (Å²) in [5.41, 5.74) is 0.928. The average molecular weight is 368 g/mol. The van der Waals surface area contributed by atoms with E-state index in [-0.39, 0.29) is 11.2 Å². The van der Waals surface area contributed by atoms with Gasteiger partial charge in [0.1, 0.15) is 0 Å². The van der Waals surface area contributed by atoms with Crippen LogP contribution in [0.25, 0.3) is 11.3 Å². The molecule has 1 heterocycles. The number of thioether (sulfide) groups is 1. The number of oxazole rings is 1. The summed E-state index contributed by atoms with van der Waals surface area (Å²) in [6.07, 6.45) is 1.69. The molecule has 0 saturated heterocycles. The van der Waals surface area contributed by atoms with Gasteiger partial charge in [-0.2, -0.15) is 0 Å². The van der Waals surface area contributed by atoms with Crippen molar-refractivity contribution in [2.75, 3.05) is 19.6 Å². The average Bonchev–Trinajstić information content (AvgIpc) is 3.06. The number of carbonyl (C=O) groups excluding carboxylic acids is 1. The Morgan fingerprint density at radius 2 is 2.08 bits per heavy atom. The molecule has 5 nitrogen and oxygen atoms in total. The Morgan fingerprint density at radius 3 is 2.79 bits per heavy atom. The second kappa shape index (κ2) is 9.71. The largest absolute Gasteiger partial charge is 0.440 e. The molecule has 0 aliphatic rings. The molecule has 0 spiro atoms. The zero-order valence-corrected chi connectivity index (χ0v) is 15.4. The van der Waals surface area contributed by atoms with Gasteiger partial charge in [-0.1, -0.05) is 18.5 Å². The number of aromatic nitrogens is 1. The lowest BCUT2D eigenvalue weighted by Crippen LogP contribution is -2.36. The number of hydrogen-bond donors (Lipinski definition) is 2. The van der Waals surface area contributed by atoms with E-state index in [1.165, 1.54) is 11.8 Å². The molecule has 130 valence electrons. The number of nitrogens with one attached hydrogen (secondary N) is 2. The predicted octanol–water partition coefficient (Wildman–Crippen LogP) is 3.34. The smallest absolute Gasteiger partial charge is 0.232 e. The number of amides is 1. The number of hydrogen-bond acceptors (Lipinski definition) is 5. The van der Waals surface area contributed by atoms with Crippen molar-refractivity contribution in [2.45, 2.75) is 24.9 Å². The van der Waals surface area contributed by atoms with Crippen molar-refractivity contribution < 1.29 is 9.21 Å². The van der Waals surface area contributed by atoms with Crippen molar-refractivity contribution in [3.8, 4) is 11.3 Å². The third-order valence-corrected chi connectivity index (χ3v) is 4.74. The van der Waals surface area contributed by atoms with E-state index in [9.17, 15) is 4.79 Å². The summed E-state index contributed by atoms with van der Waals surface area (Å²) < 4.78 is 5.74. The van der Waals surface area contributed by atoms with Crippen LogP contribution < -0.4 is 10.6 Å². The third-order valence-electron chi connectivity index (χ3n) is 3.36. The molecule has 24 heavy (non-hydrogen) atoms. The summed E-state index contributed by atoms with van der Waals surface area (Å²) in [7, 11) is 0. The Hall–Kier alpha value is -1.50. The van der Waals surface area contributed by atoms with Gasteiger partial charge in [-0.3, -0.25) is 4.79 Å². The molecule has 1 amide bonds. The summed E-state index contributed by atoms with van der Waals surface area (Å²) >= 11 is 7.38. The second-order valence-electron chi connectivity index (χ2n) is 5.22. The minimum absolute atomic E-state index is 0.0300. The second-order valence-corrected chi connectivity index (χ2v) is 6.99. The Kier molecular flexibility index (Phi) is 7.62. The van der Waals surface area contributed by atoms with Crippen LogP contribution in [-0.2, 0) is 10.5 Å². The molecule has 0 fully saturated rings. The van der Waals surface area contributed by atoms with Gasteiger partial charge >= 0.3 is 0 Å². The Morgan fingerprint density at radius 1 is 1.33 bits per heavy atom. The van der Waals surface area contributed by atoms with Gasteiger partial charge in [0.15, 0.2) is 5.76 Å². The topological polar surface area (TPSA) is 67.2 Å². The van der Waals surface area contributed by atoms with Crippen LogP contribution >= 0.6 is 23.4 Å². The highest BCUT2D eigenvalue weighted by molar-refractivity contribution is 7.99. The quantitative estimate of drug-likeness (QED) is 0.665. The van der Waals surface area contributed by atoms with Gasteiger partial charge < -0.3 is 15.1 Å². The zero-order valence-electron chi connectivity index (χ0n) is 13.8. The Balaban J connectivity index is 1.80. The highest BCUT2D eigenvalue weighted by Crippen LogP contribution is 2.24. The van der Waals surface area contributed by atoms with Crippen LogP contribution in [0.1, 0.15) is 19.7 Å². The number of halogens is 1. The van der Waals surface area contributed by atoms with E-state index in [0.717, 1.165) is 18.7 Å². The SMILES string of the molecule is CCNCCNC(=O)C(C)SCc1ncc(-c2ccc(Cl)cc2)o1. The fourth-order valence-electron chi connectivity index (χ4n) is 1.99. The third kappa shape index (κ3) is 5.85. The minimum Gasteiger partial charge on any atom is -0.440 e. The van der Waals surface area contributed by atoms with Crippen LogP contribution in [0.2, 0.25) is 5.02 Å². The number of likely N-dealkylation sites (N-methyl/N-ethyl adjacent to an activating group) is 1. The van der Waals surface area contributed by atoms with Gasteiger partial charge in [-0.05, 0) is 37.7 Å². The summed E-state index contributed by atoms with van der Waals surface area (Å²) in [5, 5.41) is 6.60. The van der Waals surface area contributed by atoms with E-state index >= 15 is 0 Å². The summed E-state index contributed by atoms with van der Waals surface area (Å²) in [5.74, 6) is 1.89. The molecule has 1 atom stereocenters. The molecule has 2 rings (SSSR count). The molecule has 1 unspecified atom stereocenters. The lowest BCUT2D eigenvalue weighted by molar-refractivity contribution is -0.120. The van der Waals surface area contributed by atoms with Gasteiger partial charge in [-0.25, -0.2) is 4.98 Å². The standard InChI is InChI=1S/C17H22ClN3O2S/c1-3-19-8-9-20-17(22)12(2)24-11-16-21-10-15(23-16)13-4-6-14(18)7-5-13/h4-7,10,12,19H,3,8-9,11H2,1-2H3,(H,20,22). The first-order chi connectivity index (χ1) is 11.6. The number of benzene rings is 1. The van der Waals surface area contributed by atoms with Crippen molar-refractivity contribution in [1.82, 2.24) is 15.6 Å². The molecule has 0 aliphatic heterocycles. The normalized spacial score (nSPS) is 12.1. The van der Waals surface area contributed by atoms with Crippen molar-refractivity contribution in [3.63, 3.8) is 0 Å². The summed E-state index contributed by atoms with van der Waals surface area (Å²) in [6.45, 7) is 6.24. The Bertz CT molecular complexity index is 646. The summed E-state index contributed by atoms with van der Waals surface area (Å²) in [4.78, 5) is 16.2. The maximum atomic E-state index is 12.0. The number of rotatable bonds is 9. The maximum absolute atomic E-state index is 12.0. The lowest BCUT2D eigenvalue weighted by atomic mass is 10.2. The first-order valence-corrected chi connectivity index (χ1v) is 9.33. The highest BCUT2D eigenvalue weighted by atomic mass is 35.5. The van der Waals surface area contributed by atoms with E-state index in [1.807, 2.05) is 38.1 Å². The van der Waals surface area contributed by atoms with Crippen molar-refractivity contribution in [1.29, 1.82) is 0 Å². The molecule has 7 heteroatoms. The number of carbonyl (C=O) groups is 1. The molecule has 0 saturated carbocycles. The molecular formula is C17H22ClN3O2S. The van der Waals surface area contributed by atoms with Crippen LogP contribution in [0.3, 0.4) is 0 Å². The predicted molar refractivity (Wildman–Crippen MR) is 99.3 cm³/mol. The highest BCUT2D eigenvalue weighted by Gasteiger charge is 2.15. The molecule has 0 bridgehead atoms. The monoisotopic (exact) mass is 367 g/mol. The fraction of sp³-hybridized carbons (Fsp3) is 0.412. The van der Waals surface area contributed by atoms with Crippen molar-refractivity contribution in [2.24, 2.45) is 0 Å². The van der Waals surface area contributed by atoms with E-state index in [1.54, 1.807) is 6.20 Å². The van der Waals surface area contributed by atoms with Gasteiger partial charge in [0.05, 0.1) is 17.2 Å². The van der Waals surface area contributed by atoms with Gasteiger partial charge in [0, 0.05) is 23.7 Å². The maximum Gasteiger partial charge on any atom is 0.232 e. The minimum atomic E-state index is -0.155. The van der Waals surface area contributed by atoms with Crippen LogP contribution in [0.15, 0.2) is 34.9 Å². The molecular weight excluding hydrogens is 346 g/mol. The first-order valence-electron chi connectivity index (χ1n) is 7.90. The van der Waals surface area contributed by atoms with Crippen LogP contribution in [-0.4, -0.2) is 35.8 Å². The fourth-order valence-corrected chi connectivity index (χ4v) is 2.88. The summed E-state index contributed by atoms with van der Waals surface area (Å²) in [6, 6.07) is 7.40.